The number of nitrogens with zero attached hydrogens (tertiary/aromatic N) is 2. The number of aryl methyl sites for hydroxylation is 1. The Morgan fingerprint density at radius 3 is 2.64 bits per heavy atom. The van der Waals surface area contributed by atoms with Gasteiger partial charge in [-0.2, -0.15) is 0 Å². The second kappa shape index (κ2) is 7.56. The first kappa shape index (κ1) is 18.4. The van der Waals surface area contributed by atoms with Crippen LogP contribution in [-0.4, -0.2) is 23.8 Å². The van der Waals surface area contributed by atoms with Gasteiger partial charge in [0, 0.05) is 22.3 Å². The van der Waals surface area contributed by atoms with E-state index < -0.39 is 0 Å². The maximum absolute atomic E-state index is 5.57. The molecule has 0 bridgehead atoms. The van der Waals surface area contributed by atoms with Gasteiger partial charge in [-0.05, 0) is 44.2 Å². The average molecular weight is 394 g/mol. The minimum atomic E-state index is 0.702. The van der Waals surface area contributed by atoms with E-state index in [0.29, 0.717) is 18.0 Å². The van der Waals surface area contributed by atoms with Crippen molar-refractivity contribution in [3.05, 3.63) is 65.2 Å². The predicted octanol–water partition coefficient (Wildman–Crippen LogP) is 5.55. The molecular weight excluding hydrogens is 372 g/mol. The number of ether oxygens (including phenoxy) is 2. The number of benzene rings is 1. The van der Waals surface area contributed by atoms with Gasteiger partial charge in [0.15, 0.2) is 11.5 Å². The zero-order valence-corrected chi connectivity index (χ0v) is 17.2. The van der Waals surface area contributed by atoms with E-state index in [2.05, 4.69) is 29.9 Å². The van der Waals surface area contributed by atoms with E-state index in [9.17, 15) is 0 Å². The Morgan fingerprint density at radius 1 is 1.07 bits per heavy atom. The molecule has 3 heterocycles. The van der Waals surface area contributed by atoms with Crippen LogP contribution in [-0.2, 0) is 6.54 Å². The molecule has 0 aliphatic heterocycles. The Kier molecular flexibility index (Phi) is 4.96. The largest absolute Gasteiger partial charge is 0.493 e. The fraction of sp³-hybridized carbons (Fsp3) is 0.227. The number of hydrogen-bond donors (Lipinski definition) is 0. The van der Waals surface area contributed by atoms with Crippen molar-refractivity contribution >= 4 is 11.3 Å². The van der Waals surface area contributed by atoms with Gasteiger partial charge >= 0.3 is 0 Å². The third-order valence-corrected chi connectivity index (χ3v) is 5.76. The van der Waals surface area contributed by atoms with Crippen molar-refractivity contribution in [2.75, 3.05) is 14.2 Å². The molecule has 4 aromatic rings. The lowest BCUT2D eigenvalue weighted by Crippen LogP contribution is -2.02. The summed E-state index contributed by atoms with van der Waals surface area (Å²) >= 11 is 1.60. The summed E-state index contributed by atoms with van der Waals surface area (Å²) in [7, 11) is 3.29. The van der Waals surface area contributed by atoms with Crippen molar-refractivity contribution in [3.63, 3.8) is 0 Å². The van der Waals surface area contributed by atoms with Crippen LogP contribution in [0.1, 0.15) is 17.1 Å². The molecule has 0 saturated heterocycles. The normalized spacial score (nSPS) is 11.0. The highest BCUT2D eigenvalue weighted by atomic mass is 32.1. The van der Waals surface area contributed by atoms with Gasteiger partial charge in [0.05, 0.1) is 38.3 Å². The monoisotopic (exact) mass is 394 g/mol. The Balaban J connectivity index is 1.71. The van der Waals surface area contributed by atoms with Gasteiger partial charge in [-0.3, -0.25) is 0 Å². The number of para-hydroxylation sites is 1. The van der Waals surface area contributed by atoms with E-state index in [0.717, 1.165) is 27.6 Å². The molecule has 28 heavy (non-hydrogen) atoms. The second-order valence-electron chi connectivity index (χ2n) is 6.53. The van der Waals surface area contributed by atoms with Gasteiger partial charge in [-0.15, -0.1) is 11.3 Å². The molecule has 0 fully saturated rings. The highest BCUT2D eigenvalue weighted by Crippen LogP contribution is 2.40. The minimum absolute atomic E-state index is 0.702. The van der Waals surface area contributed by atoms with Crippen LogP contribution >= 0.6 is 11.3 Å². The predicted molar refractivity (Wildman–Crippen MR) is 111 cm³/mol. The van der Waals surface area contributed by atoms with Gasteiger partial charge in [0.2, 0.25) is 0 Å². The van der Waals surface area contributed by atoms with E-state index in [4.69, 9.17) is 18.9 Å². The van der Waals surface area contributed by atoms with Crippen LogP contribution in [0.2, 0.25) is 0 Å². The zero-order chi connectivity index (χ0) is 19.7. The maximum atomic E-state index is 5.57. The van der Waals surface area contributed by atoms with Gasteiger partial charge in [0.1, 0.15) is 10.8 Å². The van der Waals surface area contributed by atoms with Crippen molar-refractivity contribution in [1.29, 1.82) is 0 Å². The molecule has 0 saturated carbocycles. The first-order valence-corrected chi connectivity index (χ1v) is 9.86. The molecule has 0 aliphatic rings. The summed E-state index contributed by atoms with van der Waals surface area (Å²) in [5.74, 6) is 2.34. The molecule has 0 unspecified atom stereocenters. The van der Waals surface area contributed by atoms with Crippen LogP contribution < -0.4 is 9.47 Å². The molecule has 5 nitrogen and oxygen atoms in total. The Labute approximate surface area is 168 Å². The standard InChI is InChI=1S/C22H22N2O3S/c1-14-11-18(15(2)24(14)12-16-7-6-10-27-16)19-13-28-22(23-19)17-8-5-9-20(25-3)21(17)26-4/h5-11,13H,12H2,1-4H3. The van der Waals surface area contributed by atoms with Crippen LogP contribution in [0.25, 0.3) is 21.8 Å². The summed E-state index contributed by atoms with van der Waals surface area (Å²) < 4.78 is 18.7. The highest BCUT2D eigenvalue weighted by molar-refractivity contribution is 7.13. The molecular formula is C22H22N2O3S. The Bertz CT molecular complexity index is 1090. The molecule has 4 rings (SSSR count). The number of rotatable bonds is 6. The number of thiazole rings is 1. The number of furan rings is 1. The molecule has 0 N–H and O–H groups in total. The highest BCUT2D eigenvalue weighted by Gasteiger charge is 2.18. The van der Waals surface area contributed by atoms with Crippen molar-refractivity contribution in [2.24, 2.45) is 0 Å². The Morgan fingerprint density at radius 2 is 1.93 bits per heavy atom. The third-order valence-electron chi connectivity index (χ3n) is 4.88. The summed E-state index contributed by atoms with van der Waals surface area (Å²) in [5.41, 5.74) is 5.38. The molecule has 0 aliphatic carbocycles. The van der Waals surface area contributed by atoms with Crippen LogP contribution in [0.3, 0.4) is 0 Å². The van der Waals surface area contributed by atoms with Crippen LogP contribution in [0.4, 0.5) is 0 Å². The van der Waals surface area contributed by atoms with E-state index in [-0.39, 0.29) is 0 Å². The summed E-state index contributed by atoms with van der Waals surface area (Å²) in [6, 6.07) is 11.9. The zero-order valence-electron chi connectivity index (χ0n) is 16.4. The SMILES string of the molecule is COc1cccc(-c2nc(-c3cc(C)n(Cc4ccco4)c3C)cs2)c1OC. The lowest BCUT2D eigenvalue weighted by atomic mass is 10.1. The molecule has 6 heteroatoms. The average Bonchev–Trinajstić information content (AvgIpc) is 3.45. The summed E-state index contributed by atoms with van der Waals surface area (Å²) in [5, 5.41) is 2.99. The lowest BCUT2D eigenvalue weighted by Gasteiger charge is -2.10. The molecule has 0 radical (unpaired) electrons. The van der Waals surface area contributed by atoms with Gasteiger partial charge in [-0.25, -0.2) is 4.98 Å². The number of aromatic nitrogens is 2. The van der Waals surface area contributed by atoms with Gasteiger partial charge in [0.25, 0.3) is 0 Å². The molecule has 0 amide bonds. The quantitative estimate of drug-likeness (QED) is 0.430. The van der Waals surface area contributed by atoms with E-state index in [1.54, 1.807) is 31.8 Å². The molecule has 3 aromatic heterocycles. The fourth-order valence-electron chi connectivity index (χ4n) is 3.44. The van der Waals surface area contributed by atoms with Crippen LogP contribution in [0.5, 0.6) is 11.5 Å². The molecule has 1 aromatic carbocycles. The molecule has 144 valence electrons. The Hall–Kier alpha value is -2.99. The van der Waals surface area contributed by atoms with Crippen molar-refractivity contribution < 1.29 is 13.9 Å². The van der Waals surface area contributed by atoms with Crippen molar-refractivity contribution in [1.82, 2.24) is 9.55 Å². The lowest BCUT2D eigenvalue weighted by molar-refractivity contribution is 0.356. The van der Waals surface area contributed by atoms with Crippen LogP contribution in [0.15, 0.2) is 52.5 Å². The summed E-state index contributed by atoms with van der Waals surface area (Å²) in [6.07, 6.45) is 1.71. The van der Waals surface area contributed by atoms with Crippen molar-refractivity contribution in [3.8, 4) is 33.3 Å². The van der Waals surface area contributed by atoms with Crippen LogP contribution in [0, 0.1) is 13.8 Å². The summed E-state index contributed by atoms with van der Waals surface area (Å²) in [6.45, 7) is 4.94. The van der Waals surface area contributed by atoms with E-state index in [1.165, 1.54) is 11.4 Å². The number of hydrogen-bond acceptors (Lipinski definition) is 5. The topological polar surface area (TPSA) is 49.4 Å². The molecule has 0 spiro atoms. The number of methoxy groups -OCH3 is 2. The summed E-state index contributed by atoms with van der Waals surface area (Å²) in [4.78, 5) is 4.89. The first-order valence-electron chi connectivity index (χ1n) is 8.98. The van der Waals surface area contributed by atoms with E-state index in [1.807, 2.05) is 30.3 Å². The minimum Gasteiger partial charge on any atom is -0.493 e. The maximum Gasteiger partial charge on any atom is 0.170 e. The first-order chi connectivity index (χ1) is 13.6. The fourth-order valence-corrected chi connectivity index (χ4v) is 4.28. The van der Waals surface area contributed by atoms with Gasteiger partial charge < -0.3 is 18.5 Å². The third kappa shape index (κ3) is 3.20. The molecule has 0 atom stereocenters. The second-order valence-corrected chi connectivity index (χ2v) is 7.39. The smallest absolute Gasteiger partial charge is 0.170 e. The van der Waals surface area contributed by atoms with Crippen molar-refractivity contribution in [2.45, 2.75) is 20.4 Å². The van der Waals surface area contributed by atoms with E-state index >= 15 is 0 Å². The van der Waals surface area contributed by atoms with Gasteiger partial charge in [-0.1, -0.05) is 6.07 Å².